The van der Waals surface area contributed by atoms with Gasteiger partial charge in [0.2, 0.25) is 0 Å². The van der Waals surface area contributed by atoms with Crippen molar-refractivity contribution in [2.75, 3.05) is 4.43 Å². The molecule has 1 aliphatic rings. The van der Waals surface area contributed by atoms with Crippen molar-refractivity contribution in [3.8, 4) is 0 Å². The maximum Gasteiger partial charge on any atom is -0.000462 e. The zero-order chi connectivity index (χ0) is 22.1. The van der Waals surface area contributed by atoms with E-state index in [1.165, 1.54) is 133 Å². The molecule has 0 bridgehead atoms. The fourth-order valence-corrected chi connectivity index (χ4v) is 7.04. The molecule has 1 rings (SSSR count). The van der Waals surface area contributed by atoms with Crippen LogP contribution in [0.3, 0.4) is 0 Å². The summed E-state index contributed by atoms with van der Waals surface area (Å²) in [4.78, 5) is 0. The van der Waals surface area contributed by atoms with Crippen LogP contribution in [0.25, 0.3) is 0 Å². The molecule has 1 saturated carbocycles. The predicted octanol–water partition coefficient (Wildman–Crippen LogP) is 11.2. The van der Waals surface area contributed by atoms with Gasteiger partial charge in [-0.25, -0.2) is 0 Å². The first kappa shape index (κ1) is 28.8. The summed E-state index contributed by atoms with van der Waals surface area (Å²) in [6, 6.07) is 0. The number of hydrogen-bond acceptors (Lipinski definition) is 0. The molecule has 4 atom stereocenters. The van der Waals surface area contributed by atoms with Crippen LogP contribution in [0.4, 0.5) is 0 Å². The zero-order valence-corrected chi connectivity index (χ0v) is 23.6. The van der Waals surface area contributed by atoms with E-state index < -0.39 is 0 Å². The standard InChI is InChI=1S/C29H57I/c1-5-8-10-12-13-14-15-16-18-22-28-27(21-20-24-30)26(7-3)25-29(28,4)23-19-17-11-9-6-2/h26-28H,5-25H2,1-4H3/t26?,27-,28?,29-/m1/s1. The van der Waals surface area contributed by atoms with Gasteiger partial charge in [0.05, 0.1) is 0 Å². The molecule has 0 saturated heterocycles. The Hall–Kier alpha value is 0.730. The second-order valence-corrected chi connectivity index (χ2v) is 12.0. The smallest absolute Gasteiger partial charge is 0.000462 e. The molecule has 1 heteroatoms. The van der Waals surface area contributed by atoms with Crippen LogP contribution < -0.4 is 0 Å². The van der Waals surface area contributed by atoms with Crippen molar-refractivity contribution in [3.05, 3.63) is 0 Å². The van der Waals surface area contributed by atoms with Crippen LogP contribution in [0.15, 0.2) is 0 Å². The van der Waals surface area contributed by atoms with Crippen LogP contribution in [-0.2, 0) is 0 Å². The van der Waals surface area contributed by atoms with E-state index in [4.69, 9.17) is 0 Å². The Kier molecular flexibility index (Phi) is 17.4. The minimum Gasteiger partial charge on any atom is -0.0864 e. The van der Waals surface area contributed by atoms with Crippen molar-refractivity contribution < 1.29 is 0 Å². The summed E-state index contributed by atoms with van der Waals surface area (Å²) in [6.45, 7) is 9.84. The Morgan fingerprint density at radius 1 is 0.667 bits per heavy atom. The van der Waals surface area contributed by atoms with Gasteiger partial charge < -0.3 is 0 Å². The highest BCUT2D eigenvalue weighted by molar-refractivity contribution is 14.1. The lowest BCUT2D eigenvalue weighted by Gasteiger charge is -2.35. The van der Waals surface area contributed by atoms with Gasteiger partial charge >= 0.3 is 0 Å². The van der Waals surface area contributed by atoms with Gasteiger partial charge in [0.25, 0.3) is 0 Å². The molecule has 1 aliphatic carbocycles. The lowest BCUT2D eigenvalue weighted by atomic mass is 9.70. The Labute approximate surface area is 205 Å². The molecule has 0 amide bonds. The Bertz CT molecular complexity index is 379. The van der Waals surface area contributed by atoms with E-state index in [0.717, 1.165) is 17.8 Å². The van der Waals surface area contributed by atoms with E-state index in [-0.39, 0.29) is 0 Å². The van der Waals surface area contributed by atoms with Gasteiger partial charge in [-0.3, -0.25) is 0 Å². The van der Waals surface area contributed by atoms with Gasteiger partial charge in [0.1, 0.15) is 0 Å². The summed E-state index contributed by atoms with van der Waals surface area (Å²) in [5.74, 6) is 3.05. The number of hydrogen-bond donors (Lipinski definition) is 0. The first-order valence-corrected chi connectivity index (χ1v) is 15.7. The van der Waals surface area contributed by atoms with Crippen molar-refractivity contribution >= 4 is 22.6 Å². The molecule has 0 nitrogen and oxygen atoms in total. The second kappa shape index (κ2) is 18.2. The summed E-state index contributed by atoms with van der Waals surface area (Å²) in [7, 11) is 0. The van der Waals surface area contributed by atoms with E-state index in [1.54, 1.807) is 0 Å². The largest absolute Gasteiger partial charge is 0.0864 e. The minimum atomic E-state index is 0.642. The van der Waals surface area contributed by atoms with Gasteiger partial charge in [-0.1, -0.05) is 147 Å². The van der Waals surface area contributed by atoms with Crippen molar-refractivity contribution in [1.82, 2.24) is 0 Å². The molecule has 0 aliphatic heterocycles. The third-order valence-corrected chi connectivity index (χ3v) is 9.17. The monoisotopic (exact) mass is 532 g/mol. The highest BCUT2D eigenvalue weighted by Gasteiger charge is 2.48. The van der Waals surface area contributed by atoms with Crippen molar-refractivity contribution in [2.45, 2.75) is 156 Å². The summed E-state index contributed by atoms with van der Waals surface area (Å²) in [5.41, 5.74) is 0.642. The van der Waals surface area contributed by atoms with E-state index in [9.17, 15) is 0 Å². The third kappa shape index (κ3) is 11.0. The summed E-state index contributed by atoms with van der Waals surface area (Å²) < 4.78 is 1.35. The Balaban J connectivity index is 2.50. The molecule has 0 radical (unpaired) electrons. The van der Waals surface area contributed by atoms with Crippen LogP contribution in [-0.4, -0.2) is 4.43 Å². The van der Waals surface area contributed by atoms with Crippen LogP contribution in [0, 0.1) is 23.2 Å². The van der Waals surface area contributed by atoms with Gasteiger partial charge in [-0.15, -0.1) is 0 Å². The molecular formula is C29H57I. The Morgan fingerprint density at radius 2 is 1.20 bits per heavy atom. The van der Waals surface area contributed by atoms with Crippen molar-refractivity contribution in [3.63, 3.8) is 0 Å². The summed E-state index contributed by atoms with van der Waals surface area (Å²) in [5, 5.41) is 0. The van der Waals surface area contributed by atoms with Crippen molar-refractivity contribution in [1.29, 1.82) is 0 Å². The lowest BCUT2D eigenvalue weighted by molar-refractivity contribution is 0.150. The highest BCUT2D eigenvalue weighted by Crippen LogP contribution is 2.57. The average Bonchev–Trinajstić information content (AvgIpc) is 3.02. The lowest BCUT2D eigenvalue weighted by Crippen LogP contribution is -2.26. The van der Waals surface area contributed by atoms with E-state index in [2.05, 4.69) is 50.3 Å². The zero-order valence-electron chi connectivity index (χ0n) is 21.5. The number of unbranched alkanes of at least 4 members (excludes halogenated alkanes) is 12. The molecule has 0 aromatic rings. The van der Waals surface area contributed by atoms with Crippen LogP contribution in [0.5, 0.6) is 0 Å². The van der Waals surface area contributed by atoms with Gasteiger partial charge in [0, 0.05) is 0 Å². The third-order valence-electron chi connectivity index (χ3n) is 8.41. The molecule has 2 unspecified atom stereocenters. The second-order valence-electron chi connectivity index (χ2n) is 10.9. The average molecular weight is 533 g/mol. The number of rotatable bonds is 20. The number of alkyl halides is 1. The number of halogens is 1. The molecule has 0 spiro atoms. The first-order valence-electron chi connectivity index (χ1n) is 14.2. The topological polar surface area (TPSA) is 0 Å². The minimum absolute atomic E-state index is 0.642. The molecular weight excluding hydrogens is 475 g/mol. The van der Waals surface area contributed by atoms with E-state index in [0.29, 0.717) is 5.41 Å². The molecule has 30 heavy (non-hydrogen) atoms. The molecule has 0 aromatic carbocycles. The predicted molar refractivity (Wildman–Crippen MR) is 147 cm³/mol. The van der Waals surface area contributed by atoms with Crippen LogP contribution in [0.1, 0.15) is 156 Å². The first-order chi connectivity index (χ1) is 14.6. The SMILES string of the molecule is CCCCCCCCCCCC1[C@H](CCCI)C(CC)C[C@@]1(C)CCCCCCC. The molecule has 0 N–H and O–H groups in total. The van der Waals surface area contributed by atoms with E-state index in [1.807, 2.05) is 0 Å². The molecule has 0 heterocycles. The van der Waals surface area contributed by atoms with Crippen molar-refractivity contribution in [2.24, 2.45) is 23.2 Å². The fraction of sp³-hybridized carbons (Fsp3) is 1.00. The Morgan fingerprint density at radius 3 is 1.73 bits per heavy atom. The molecule has 1 fully saturated rings. The van der Waals surface area contributed by atoms with Gasteiger partial charge in [-0.05, 0) is 59.7 Å². The van der Waals surface area contributed by atoms with Gasteiger partial charge in [-0.2, -0.15) is 0 Å². The molecule has 0 aromatic heterocycles. The maximum absolute atomic E-state index is 2.71. The maximum atomic E-state index is 2.71. The summed E-state index contributed by atoms with van der Waals surface area (Å²) in [6.07, 6.45) is 29.4. The van der Waals surface area contributed by atoms with E-state index >= 15 is 0 Å². The molecule has 180 valence electrons. The van der Waals surface area contributed by atoms with Crippen LogP contribution >= 0.6 is 22.6 Å². The normalized spacial score (nSPS) is 26.5. The quantitative estimate of drug-likeness (QED) is 0.0831. The fourth-order valence-electron chi connectivity index (χ4n) is 6.60. The summed E-state index contributed by atoms with van der Waals surface area (Å²) >= 11 is 2.60. The van der Waals surface area contributed by atoms with Crippen LogP contribution in [0.2, 0.25) is 0 Å². The van der Waals surface area contributed by atoms with Gasteiger partial charge in [0.15, 0.2) is 0 Å². The highest BCUT2D eigenvalue weighted by atomic mass is 127.